The van der Waals surface area contributed by atoms with Crippen molar-refractivity contribution >= 4 is 5.78 Å². The van der Waals surface area contributed by atoms with Gasteiger partial charge in [0.05, 0.1) is 14.2 Å². The SMILES string of the molecule is COc1cc(OC)cc(C(=O)c2ccc(O)cc2)c1. The van der Waals surface area contributed by atoms with Crippen molar-refractivity contribution in [2.24, 2.45) is 0 Å². The van der Waals surface area contributed by atoms with Crippen LogP contribution in [0.2, 0.25) is 0 Å². The van der Waals surface area contributed by atoms with E-state index >= 15 is 0 Å². The molecule has 4 heteroatoms. The molecule has 0 aliphatic heterocycles. The molecule has 0 bridgehead atoms. The van der Waals surface area contributed by atoms with E-state index in [0.717, 1.165) is 0 Å². The van der Waals surface area contributed by atoms with E-state index in [2.05, 4.69) is 0 Å². The molecule has 0 unspecified atom stereocenters. The first-order valence-electron chi connectivity index (χ1n) is 5.71. The Balaban J connectivity index is 2.40. The number of rotatable bonds is 4. The van der Waals surface area contributed by atoms with E-state index in [1.807, 2.05) is 0 Å². The molecule has 0 saturated carbocycles. The predicted octanol–water partition coefficient (Wildman–Crippen LogP) is 2.64. The molecule has 4 nitrogen and oxygen atoms in total. The van der Waals surface area contributed by atoms with Crippen LogP contribution in [0, 0.1) is 0 Å². The largest absolute Gasteiger partial charge is 0.508 e. The predicted molar refractivity (Wildman–Crippen MR) is 71.1 cm³/mol. The molecule has 0 heterocycles. The normalized spacial score (nSPS) is 10.0. The number of ether oxygens (including phenoxy) is 2. The summed E-state index contributed by atoms with van der Waals surface area (Å²) < 4.78 is 10.3. The highest BCUT2D eigenvalue weighted by atomic mass is 16.5. The van der Waals surface area contributed by atoms with Crippen LogP contribution in [0.5, 0.6) is 17.2 Å². The third-order valence-electron chi connectivity index (χ3n) is 2.74. The molecule has 2 rings (SSSR count). The number of methoxy groups -OCH3 is 2. The Morgan fingerprint density at radius 2 is 1.42 bits per heavy atom. The molecule has 2 aromatic carbocycles. The fourth-order valence-electron chi connectivity index (χ4n) is 1.72. The summed E-state index contributed by atoms with van der Waals surface area (Å²) in [7, 11) is 3.06. The minimum Gasteiger partial charge on any atom is -0.508 e. The number of carbonyl (C=O) groups is 1. The van der Waals surface area contributed by atoms with Crippen LogP contribution in [0.4, 0.5) is 0 Å². The summed E-state index contributed by atoms with van der Waals surface area (Å²) in [4.78, 5) is 12.3. The number of phenolic OH excluding ortho intramolecular Hbond substituents is 1. The van der Waals surface area contributed by atoms with E-state index < -0.39 is 0 Å². The molecule has 0 fully saturated rings. The summed E-state index contributed by atoms with van der Waals surface area (Å²) in [5.74, 6) is 1.08. The van der Waals surface area contributed by atoms with Crippen molar-refractivity contribution in [1.29, 1.82) is 0 Å². The van der Waals surface area contributed by atoms with Gasteiger partial charge in [0.2, 0.25) is 0 Å². The topological polar surface area (TPSA) is 55.8 Å². The zero-order chi connectivity index (χ0) is 13.8. The number of ketones is 1. The Hall–Kier alpha value is -2.49. The molecule has 0 atom stereocenters. The fourth-order valence-corrected chi connectivity index (χ4v) is 1.72. The van der Waals surface area contributed by atoms with Crippen molar-refractivity contribution in [2.75, 3.05) is 14.2 Å². The summed E-state index contributed by atoms with van der Waals surface area (Å²) in [5, 5.41) is 9.22. The molecule has 0 aliphatic carbocycles. The molecule has 1 N–H and O–H groups in total. The number of benzene rings is 2. The number of carbonyl (C=O) groups excluding carboxylic acids is 1. The molecule has 0 saturated heterocycles. The lowest BCUT2D eigenvalue weighted by molar-refractivity contribution is 0.103. The van der Waals surface area contributed by atoms with Crippen LogP contribution in [-0.4, -0.2) is 25.1 Å². The minimum atomic E-state index is -0.155. The van der Waals surface area contributed by atoms with Gasteiger partial charge in [0.1, 0.15) is 17.2 Å². The summed E-state index contributed by atoms with van der Waals surface area (Å²) in [5.41, 5.74) is 0.968. The maximum absolute atomic E-state index is 12.3. The Kier molecular flexibility index (Phi) is 3.71. The van der Waals surface area contributed by atoms with Crippen LogP contribution in [0.3, 0.4) is 0 Å². The second-order valence-electron chi connectivity index (χ2n) is 3.98. The summed E-state index contributed by atoms with van der Waals surface area (Å²) in [6, 6.07) is 11.1. The monoisotopic (exact) mass is 258 g/mol. The van der Waals surface area contributed by atoms with Gasteiger partial charge in [-0.1, -0.05) is 0 Å². The Labute approximate surface area is 111 Å². The van der Waals surface area contributed by atoms with Crippen LogP contribution >= 0.6 is 0 Å². The van der Waals surface area contributed by atoms with Crippen LogP contribution in [0.1, 0.15) is 15.9 Å². The van der Waals surface area contributed by atoms with E-state index in [1.165, 1.54) is 26.4 Å². The van der Waals surface area contributed by atoms with Gasteiger partial charge in [0.15, 0.2) is 5.78 Å². The minimum absolute atomic E-state index is 0.125. The van der Waals surface area contributed by atoms with Crippen LogP contribution < -0.4 is 9.47 Å². The lowest BCUT2D eigenvalue weighted by atomic mass is 10.0. The van der Waals surface area contributed by atoms with Gasteiger partial charge >= 0.3 is 0 Å². The van der Waals surface area contributed by atoms with E-state index in [4.69, 9.17) is 9.47 Å². The van der Waals surface area contributed by atoms with Crippen molar-refractivity contribution in [3.05, 3.63) is 53.6 Å². The number of hydrogen-bond acceptors (Lipinski definition) is 4. The molecule has 2 aromatic rings. The highest BCUT2D eigenvalue weighted by Gasteiger charge is 2.12. The molecule has 0 spiro atoms. The van der Waals surface area contributed by atoms with E-state index in [1.54, 1.807) is 30.3 Å². The lowest BCUT2D eigenvalue weighted by Gasteiger charge is -2.08. The standard InChI is InChI=1S/C15H14O4/c1-18-13-7-11(8-14(9-13)19-2)15(17)10-3-5-12(16)6-4-10/h3-9,16H,1-2H3. The molecular weight excluding hydrogens is 244 g/mol. The van der Waals surface area contributed by atoms with Gasteiger partial charge in [-0.05, 0) is 36.4 Å². The zero-order valence-electron chi connectivity index (χ0n) is 10.7. The molecule has 0 radical (unpaired) electrons. The van der Waals surface area contributed by atoms with Gasteiger partial charge in [0, 0.05) is 17.2 Å². The van der Waals surface area contributed by atoms with E-state index in [0.29, 0.717) is 22.6 Å². The highest BCUT2D eigenvalue weighted by molar-refractivity contribution is 6.09. The number of hydrogen-bond donors (Lipinski definition) is 1. The maximum atomic E-state index is 12.3. The van der Waals surface area contributed by atoms with Crippen molar-refractivity contribution < 1.29 is 19.4 Å². The lowest BCUT2D eigenvalue weighted by Crippen LogP contribution is -2.02. The second-order valence-corrected chi connectivity index (χ2v) is 3.98. The third kappa shape index (κ3) is 2.85. The molecule has 98 valence electrons. The molecule has 0 aromatic heterocycles. The molecule has 19 heavy (non-hydrogen) atoms. The van der Waals surface area contributed by atoms with Gasteiger partial charge in [-0.15, -0.1) is 0 Å². The van der Waals surface area contributed by atoms with Crippen molar-refractivity contribution in [3.8, 4) is 17.2 Å². The zero-order valence-corrected chi connectivity index (χ0v) is 10.7. The Morgan fingerprint density at radius 3 is 1.89 bits per heavy atom. The average molecular weight is 258 g/mol. The van der Waals surface area contributed by atoms with Gasteiger partial charge < -0.3 is 14.6 Å². The van der Waals surface area contributed by atoms with Gasteiger partial charge in [-0.3, -0.25) is 4.79 Å². The van der Waals surface area contributed by atoms with Gasteiger partial charge in [-0.2, -0.15) is 0 Å². The average Bonchev–Trinajstić information content (AvgIpc) is 2.46. The Bertz CT molecular complexity index is 565. The van der Waals surface area contributed by atoms with E-state index in [9.17, 15) is 9.90 Å². The molecule has 0 amide bonds. The fraction of sp³-hybridized carbons (Fsp3) is 0.133. The van der Waals surface area contributed by atoms with Crippen molar-refractivity contribution in [3.63, 3.8) is 0 Å². The van der Waals surface area contributed by atoms with Crippen molar-refractivity contribution in [1.82, 2.24) is 0 Å². The second kappa shape index (κ2) is 5.44. The first kappa shape index (κ1) is 13.0. The highest BCUT2D eigenvalue weighted by Crippen LogP contribution is 2.24. The smallest absolute Gasteiger partial charge is 0.193 e. The quantitative estimate of drug-likeness (QED) is 0.856. The summed E-state index contributed by atoms with van der Waals surface area (Å²) >= 11 is 0. The first-order chi connectivity index (χ1) is 9.13. The Morgan fingerprint density at radius 1 is 0.895 bits per heavy atom. The van der Waals surface area contributed by atoms with Crippen LogP contribution in [-0.2, 0) is 0 Å². The van der Waals surface area contributed by atoms with Crippen molar-refractivity contribution in [2.45, 2.75) is 0 Å². The van der Waals surface area contributed by atoms with Gasteiger partial charge in [0.25, 0.3) is 0 Å². The number of aromatic hydroxyl groups is 1. The third-order valence-corrected chi connectivity index (χ3v) is 2.74. The summed E-state index contributed by atoms with van der Waals surface area (Å²) in [6.07, 6.45) is 0. The first-order valence-corrected chi connectivity index (χ1v) is 5.71. The van der Waals surface area contributed by atoms with E-state index in [-0.39, 0.29) is 11.5 Å². The van der Waals surface area contributed by atoms with Gasteiger partial charge in [-0.25, -0.2) is 0 Å². The molecular formula is C15H14O4. The maximum Gasteiger partial charge on any atom is 0.193 e. The van der Waals surface area contributed by atoms with Crippen LogP contribution in [0.15, 0.2) is 42.5 Å². The van der Waals surface area contributed by atoms with Crippen LogP contribution in [0.25, 0.3) is 0 Å². The summed E-state index contributed by atoms with van der Waals surface area (Å²) in [6.45, 7) is 0. The molecule has 0 aliphatic rings. The number of phenols is 1.